The van der Waals surface area contributed by atoms with Crippen molar-refractivity contribution in [2.45, 2.75) is 46.2 Å². The molecule has 1 aromatic carbocycles. The highest BCUT2D eigenvalue weighted by Gasteiger charge is 2.31. The van der Waals surface area contributed by atoms with Crippen molar-refractivity contribution in [1.29, 1.82) is 0 Å². The second-order valence-corrected chi connectivity index (χ2v) is 6.69. The first-order valence-corrected chi connectivity index (χ1v) is 9.23. The maximum atomic E-state index is 12.4. The Morgan fingerprint density at radius 1 is 1.23 bits per heavy atom. The number of esters is 1. The van der Waals surface area contributed by atoms with Gasteiger partial charge in [0.05, 0.1) is 18.2 Å². The first-order chi connectivity index (χ1) is 12.5. The number of ether oxygens (including phenoxy) is 1. The molecule has 26 heavy (non-hydrogen) atoms. The smallest absolute Gasteiger partial charge is 0.337 e. The van der Waals surface area contributed by atoms with Crippen molar-refractivity contribution in [1.82, 2.24) is 16.0 Å². The molecule has 6 heteroatoms. The number of carbonyl (C=O) groups excluding carboxylic acids is 2. The van der Waals surface area contributed by atoms with Crippen LogP contribution in [0, 0.1) is 5.92 Å². The molecule has 2 amide bonds. The number of amides is 2. The standard InChI is InChI=1S/C20H29N3O3/c1-5-15-17(19(24)26-6-2)16(23-20(25)22-15)12-21-18(13(3)4)14-10-8-7-9-11-14/h7-11,13,15,18,21H,5-6,12H2,1-4H3,(H2,22,23,25)/t15-,18-/m0/s1. The van der Waals surface area contributed by atoms with Crippen LogP contribution in [0.2, 0.25) is 0 Å². The first-order valence-electron chi connectivity index (χ1n) is 9.23. The van der Waals surface area contributed by atoms with E-state index in [9.17, 15) is 9.59 Å². The van der Waals surface area contributed by atoms with E-state index >= 15 is 0 Å². The Labute approximate surface area is 155 Å². The van der Waals surface area contributed by atoms with Crippen LogP contribution in [0.3, 0.4) is 0 Å². The Balaban J connectivity index is 2.26. The van der Waals surface area contributed by atoms with Gasteiger partial charge in [-0.15, -0.1) is 0 Å². The molecular weight excluding hydrogens is 330 g/mol. The number of urea groups is 1. The molecule has 2 atom stereocenters. The summed E-state index contributed by atoms with van der Waals surface area (Å²) in [4.78, 5) is 24.4. The Morgan fingerprint density at radius 3 is 2.50 bits per heavy atom. The molecule has 1 aliphatic rings. The summed E-state index contributed by atoms with van der Waals surface area (Å²) in [5.41, 5.74) is 2.26. The monoisotopic (exact) mass is 359 g/mol. The third-order valence-corrected chi connectivity index (χ3v) is 4.47. The molecule has 1 aliphatic heterocycles. The van der Waals surface area contributed by atoms with Crippen molar-refractivity contribution < 1.29 is 14.3 Å². The number of nitrogens with one attached hydrogen (secondary N) is 3. The molecule has 6 nitrogen and oxygen atoms in total. The average Bonchev–Trinajstić information content (AvgIpc) is 2.62. The quantitative estimate of drug-likeness (QED) is 0.624. The van der Waals surface area contributed by atoms with Crippen LogP contribution < -0.4 is 16.0 Å². The fourth-order valence-electron chi connectivity index (χ4n) is 3.21. The van der Waals surface area contributed by atoms with Gasteiger partial charge in [-0.2, -0.15) is 0 Å². The van der Waals surface area contributed by atoms with Crippen LogP contribution in [0.1, 0.15) is 45.7 Å². The van der Waals surface area contributed by atoms with Crippen LogP contribution in [-0.4, -0.2) is 31.2 Å². The van der Waals surface area contributed by atoms with E-state index in [1.54, 1.807) is 6.92 Å². The SMILES string of the molecule is CCOC(=O)C1=C(CN[C@H](c2ccccc2)C(C)C)NC(=O)N[C@H]1CC. The maximum absolute atomic E-state index is 12.4. The molecule has 1 aromatic rings. The molecule has 0 saturated heterocycles. The van der Waals surface area contributed by atoms with Crippen molar-refractivity contribution in [3.63, 3.8) is 0 Å². The molecule has 0 spiro atoms. The number of rotatable bonds is 8. The van der Waals surface area contributed by atoms with Gasteiger partial charge in [0.1, 0.15) is 0 Å². The maximum Gasteiger partial charge on any atom is 0.337 e. The second kappa shape index (κ2) is 9.38. The molecule has 2 rings (SSSR count). The lowest BCUT2D eigenvalue weighted by Crippen LogP contribution is -2.52. The lowest BCUT2D eigenvalue weighted by atomic mass is 9.95. The van der Waals surface area contributed by atoms with E-state index in [1.807, 2.05) is 25.1 Å². The predicted octanol–water partition coefficient (Wildman–Crippen LogP) is 2.88. The molecular formula is C20H29N3O3. The third-order valence-electron chi connectivity index (χ3n) is 4.47. The number of benzene rings is 1. The summed E-state index contributed by atoms with van der Waals surface area (Å²) in [5.74, 6) is -0.0344. The van der Waals surface area contributed by atoms with Crippen LogP contribution in [0.15, 0.2) is 41.6 Å². The van der Waals surface area contributed by atoms with Gasteiger partial charge in [0.2, 0.25) is 0 Å². The van der Waals surface area contributed by atoms with E-state index in [0.717, 1.165) is 0 Å². The van der Waals surface area contributed by atoms with E-state index in [-0.39, 0.29) is 24.1 Å². The minimum atomic E-state index is -0.385. The normalized spacial score (nSPS) is 18.3. The zero-order valence-corrected chi connectivity index (χ0v) is 16.0. The van der Waals surface area contributed by atoms with Crippen LogP contribution >= 0.6 is 0 Å². The molecule has 0 saturated carbocycles. The molecule has 0 fully saturated rings. The molecule has 0 unspecified atom stereocenters. The highest BCUT2D eigenvalue weighted by molar-refractivity contribution is 5.94. The Bertz CT molecular complexity index is 656. The predicted molar refractivity (Wildman–Crippen MR) is 101 cm³/mol. The summed E-state index contributed by atoms with van der Waals surface area (Å²) in [6, 6.07) is 9.64. The van der Waals surface area contributed by atoms with Crippen molar-refractivity contribution in [2.24, 2.45) is 5.92 Å². The summed E-state index contributed by atoms with van der Waals surface area (Å²) in [5, 5.41) is 9.06. The fraction of sp³-hybridized carbons (Fsp3) is 0.500. The van der Waals surface area contributed by atoms with E-state index in [1.165, 1.54) is 5.56 Å². The van der Waals surface area contributed by atoms with E-state index in [0.29, 0.717) is 36.8 Å². The molecule has 142 valence electrons. The van der Waals surface area contributed by atoms with Gasteiger partial charge in [-0.25, -0.2) is 9.59 Å². The van der Waals surface area contributed by atoms with E-state index in [4.69, 9.17) is 4.74 Å². The van der Waals surface area contributed by atoms with Gasteiger partial charge < -0.3 is 20.7 Å². The summed E-state index contributed by atoms with van der Waals surface area (Å²) in [6.45, 7) is 8.67. The number of hydrogen-bond donors (Lipinski definition) is 3. The Kier molecular flexibility index (Phi) is 7.21. The van der Waals surface area contributed by atoms with Crippen LogP contribution in [0.25, 0.3) is 0 Å². The van der Waals surface area contributed by atoms with Gasteiger partial charge in [0.25, 0.3) is 0 Å². The van der Waals surface area contributed by atoms with Crippen molar-refractivity contribution in [2.75, 3.05) is 13.2 Å². The topological polar surface area (TPSA) is 79.5 Å². The average molecular weight is 359 g/mol. The summed E-state index contributed by atoms with van der Waals surface area (Å²) in [7, 11) is 0. The van der Waals surface area contributed by atoms with Crippen molar-refractivity contribution in [3.8, 4) is 0 Å². The van der Waals surface area contributed by atoms with Crippen LogP contribution in [0.4, 0.5) is 4.79 Å². The van der Waals surface area contributed by atoms with E-state index < -0.39 is 0 Å². The minimum Gasteiger partial charge on any atom is -0.463 e. The van der Waals surface area contributed by atoms with Gasteiger partial charge in [-0.05, 0) is 24.8 Å². The molecule has 0 radical (unpaired) electrons. The summed E-state index contributed by atoms with van der Waals surface area (Å²) >= 11 is 0. The van der Waals surface area contributed by atoms with Gasteiger partial charge in [0.15, 0.2) is 0 Å². The Hall–Kier alpha value is -2.34. The second-order valence-electron chi connectivity index (χ2n) is 6.69. The Morgan fingerprint density at radius 2 is 1.92 bits per heavy atom. The highest BCUT2D eigenvalue weighted by Crippen LogP contribution is 2.23. The van der Waals surface area contributed by atoms with Crippen LogP contribution in [0.5, 0.6) is 0 Å². The molecule has 1 heterocycles. The summed E-state index contributed by atoms with van der Waals surface area (Å²) in [6.07, 6.45) is 0.622. The third kappa shape index (κ3) is 4.85. The zero-order chi connectivity index (χ0) is 19.1. The molecule has 0 aromatic heterocycles. The number of carbonyl (C=O) groups is 2. The molecule has 0 aliphatic carbocycles. The van der Waals surface area contributed by atoms with Crippen LogP contribution in [-0.2, 0) is 9.53 Å². The zero-order valence-electron chi connectivity index (χ0n) is 16.0. The largest absolute Gasteiger partial charge is 0.463 e. The van der Waals surface area contributed by atoms with E-state index in [2.05, 4.69) is 41.9 Å². The van der Waals surface area contributed by atoms with Gasteiger partial charge >= 0.3 is 12.0 Å². The highest BCUT2D eigenvalue weighted by atomic mass is 16.5. The van der Waals surface area contributed by atoms with Gasteiger partial charge in [-0.3, -0.25) is 0 Å². The minimum absolute atomic E-state index is 0.110. The van der Waals surface area contributed by atoms with Gasteiger partial charge in [-0.1, -0.05) is 51.1 Å². The lowest BCUT2D eigenvalue weighted by molar-refractivity contribution is -0.139. The summed E-state index contributed by atoms with van der Waals surface area (Å²) < 4.78 is 5.20. The first kappa shape index (κ1) is 20.0. The van der Waals surface area contributed by atoms with Gasteiger partial charge in [0, 0.05) is 18.3 Å². The fourth-order valence-corrected chi connectivity index (χ4v) is 3.21. The molecule has 3 N–H and O–H groups in total. The van der Waals surface area contributed by atoms with Crippen molar-refractivity contribution in [3.05, 3.63) is 47.2 Å². The number of hydrogen-bond acceptors (Lipinski definition) is 4. The van der Waals surface area contributed by atoms with Crippen molar-refractivity contribution >= 4 is 12.0 Å². The lowest BCUT2D eigenvalue weighted by Gasteiger charge is -2.30. The molecule has 0 bridgehead atoms.